The first-order valence-electron chi connectivity index (χ1n) is 5.30. The third kappa shape index (κ3) is 2.20. The third-order valence-corrected chi connectivity index (χ3v) is 2.51. The van der Waals surface area contributed by atoms with E-state index in [0.717, 1.165) is 5.84 Å². The second-order valence-electron chi connectivity index (χ2n) is 4.36. The van der Waals surface area contributed by atoms with Gasteiger partial charge in [-0.2, -0.15) is 0 Å². The van der Waals surface area contributed by atoms with Crippen molar-refractivity contribution in [3.05, 3.63) is 35.7 Å². The zero-order valence-electron chi connectivity index (χ0n) is 10.3. The fraction of sp³-hybridized carbons (Fsp3) is 0.462. The maximum Gasteiger partial charge on any atom is 0.139 e. The molecule has 0 spiro atoms. The number of allylic oxidation sites excluding steroid dienone is 1. The molecule has 15 heavy (non-hydrogen) atoms. The number of hydrogen-bond acceptors (Lipinski definition) is 1. The van der Waals surface area contributed by atoms with Gasteiger partial charge in [0.05, 0.1) is 0 Å². The lowest BCUT2D eigenvalue weighted by atomic mass is 9.94. The van der Waals surface area contributed by atoms with Gasteiger partial charge in [0.25, 0.3) is 0 Å². The van der Waals surface area contributed by atoms with Gasteiger partial charge in [0.15, 0.2) is 0 Å². The van der Waals surface area contributed by atoms with Crippen LogP contribution in [0.4, 0.5) is 0 Å². The molecule has 0 fully saturated rings. The van der Waals surface area contributed by atoms with Crippen LogP contribution >= 0.6 is 0 Å². The number of aliphatic imine (C=N–C) groups is 1. The Kier molecular flexibility index (Phi) is 3.51. The molecule has 0 saturated heterocycles. The fourth-order valence-electron chi connectivity index (χ4n) is 1.83. The molecular weight excluding hydrogens is 184 g/mol. The second kappa shape index (κ2) is 4.47. The number of likely N-dealkylation sites (N-methyl/N-ethyl adjacent to an activating group) is 1. The minimum Gasteiger partial charge on any atom is -0.335 e. The predicted molar refractivity (Wildman–Crippen MR) is 66.7 cm³/mol. The molecule has 2 heteroatoms. The molecule has 1 rings (SSSR count). The van der Waals surface area contributed by atoms with E-state index in [-0.39, 0.29) is 0 Å². The summed E-state index contributed by atoms with van der Waals surface area (Å²) < 4.78 is 0. The summed E-state index contributed by atoms with van der Waals surface area (Å²) in [4.78, 5) is 6.41. The molecule has 0 unspecified atom stereocenters. The molecule has 0 N–H and O–H groups in total. The van der Waals surface area contributed by atoms with Crippen molar-refractivity contribution in [2.24, 2.45) is 10.9 Å². The van der Waals surface area contributed by atoms with Gasteiger partial charge in [-0.3, -0.25) is 0 Å². The van der Waals surface area contributed by atoms with Gasteiger partial charge < -0.3 is 4.90 Å². The molecule has 82 valence electrons. The van der Waals surface area contributed by atoms with Crippen LogP contribution in [0.15, 0.2) is 40.7 Å². The van der Waals surface area contributed by atoms with Crippen LogP contribution in [0, 0.1) is 5.92 Å². The molecule has 0 saturated carbocycles. The first kappa shape index (κ1) is 11.8. The summed E-state index contributed by atoms with van der Waals surface area (Å²) in [6.45, 7) is 12.3. The van der Waals surface area contributed by atoms with E-state index in [1.807, 2.05) is 7.05 Å². The second-order valence-corrected chi connectivity index (χ2v) is 4.36. The fourth-order valence-corrected chi connectivity index (χ4v) is 1.83. The average Bonchev–Trinajstić information content (AvgIpc) is 2.45. The lowest BCUT2D eigenvalue weighted by Gasteiger charge is -2.13. The molecule has 2 nitrogen and oxygen atoms in total. The average molecular weight is 204 g/mol. The Hall–Kier alpha value is -1.31. The molecule has 1 aliphatic heterocycles. The highest BCUT2D eigenvalue weighted by Gasteiger charge is 2.25. The van der Waals surface area contributed by atoms with E-state index in [1.54, 1.807) is 6.20 Å². The van der Waals surface area contributed by atoms with Crippen LogP contribution < -0.4 is 0 Å². The van der Waals surface area contributed by atoms with Crippen molar-refractivity contribution in [1.29, 1.82) is 0 Å². The summed E-state index contributed by atoms with van der Waals surface area (Å²) in [5.41, 5.74) is 3.94. The van der Waals surface area contributed by atoms with Crippen molar-refractivity contribution < 1.29 is 0 Å². The van der Waals surface area contributed by atoms with Crippen LogP contribution in [0.5, 0.6) is 0 Å². The Bertz CT molecular complexity index is 353. The minimum absolute atomic E-state index is 0.523. The molecule has 1 heterocycles. The van der Waals surface area contributed by atoms with E-state index in [0.29, 0.717) is 5.92 Å². The largest absolute Gasteiger partial charge is 0.335 e. The number of hydrogen-bond donors (Lipinski definition) is 0. The molecule has 0 bridgehead atoms. The van der Waals surface area contributed by atoms with Gasteiger partial charge >= 0.3 is 0 Å². The Morgan fingerprint density at radius 2 is 2.07 bits per heavy atom. The van der Waals surface area contributed by atoms with Gasteiger partial charge in [-0.25, -0.2) is 4.99 Å². The first-order chi connectivity index (χ1) is 6.99. The molecule has 0 radical (unpaired) electrons. The molecule has 0 aliphatic carbocycles. The highest BCUT2D eigenvalue weighted by Crippen LogP contribution is 2.30. The van der Waals surface area contributed by atoms with Gasteiger partial charge in [-0.05, 0) is 25.3 Å². The quantitative estimate of drug-likeness (QED) is 0.673. The van der Waals surface area contributed by atoms with Crippen molar-refractivity contribution in [1.82, 2.24) is 4.90 Å². The van der Waals surface area contributed by atoms with Crippen molar-refractivity contribution in [2.45, 2.75) is 27.7 Å². The summed E-state index contributed by atoms with van der Waals surface area (Å²) in [5.74, 6) is 1.53. The Balaban J connectivity index is 3.26. The van der Waals surface area contributed by atoms with Crippen molar-refractivity contribution in [2.75, 3.05) is 7.05 Å². The molecule has 1 aliphatic rings. The van der Waals surface area contributed by atoms with Crippen molar-refractivity contribution in [3.8, 4) is 0 Å². The highest BCUT2D eigenvalue weighted by atomic mass is 15.2. The third-order valence-electron chi connectivity index (χ3n) is 2.51. The Labute approximate surface area is 92.7 Å². The highest BCUT2D eigenvalue weighted by molar-refractivity contribution is 6.06. The van der Waals surface area contributed by atoms with Crippen molar-refractivity contribution >= 4 is 5.84 Å². The predicted octanol–water partition coefficient (Wildman–Crippen LogP) is 3.35. The maximum absolute atomic E-state index is 4.34. The molecule has 0 aromatic carbocycles. The monoisotopic (exact) mass is 204 g/mol. The SMILES string of the molecule is C=CN=C1C(=C(C)C)C(C(C)C)=CN1C. The van der Waals surface area contributed by atoms with E-state index >= 15 is 0 Å². The van der Waals surface area contributed by atoms with Gasteiger partial charge in [0.2, 0.25) is 0 Å². The van der Waals surface area contributed by atoms with E-state index < -0.39 is 0 Å². The lowest BCUT2D eigenvalue weighted by Crippen LogP contribution is -2.17. The minimum atomic E-state index is 0.523. The van der Waals surface area contributed by atoms with E-state index in [9.17, 15) is 0 Å². The van der Waals surface area contributed by atoms with Crippen LogP contribution in [0.3, 0.4) is 0 Å². The van der Waals surface area contributed by atoms with Gasteiger partial charge in [-0.1, -0.05) is 26.0 Å². The van der Waals surface area contributed by atoms with Crippen LogP contribution in [0.2, 0.25) is 0 Å². The number of rotatable bonds is 2. The molecule has 0 amide bonds. The standard InChI is InChI=1S/C13H20N2/c1-7-14-13-12(10(4)5)11(9(2)3)8-15(13)6/h7-9H,1H2,2-6H3. The first-order valence-corrected chi connectivity index (χ1v) is 5.30. The summed E-state index contributed by atoms with van der Waals surface area (Å²) in [6.07, 6.45) is 3.77. The molecule has 0 aromatic heterocycles. The zero-order chi connectivity index (χ0) is 11.6. The smallest absolute Gasteiger partial charge is 0.139 e. The topological polar surface area (TPSA) is 15.6 Å². The molecule has 0 aromatic rings. The summed E-state index contributed by atoms with van der Waals surface area (Å²) in [6, 6.07) is 0. The Morgan fingerprint density at radius 3 is 2.47 bits per heavy atom. The van der Waals surface area contributed by atoms with Gasteiger partial charge in [-0.15, -0.1) is 0 Å². The summed E-state index contributed by atoms with van der Waals surface area (Å²) >= 11 is 0. The maximum atomic E-state index is 4.34. The number of nitrogens with zero attached hydrogens (tertiary/aromatic N) is 2. The number of amidine groups is 1. The Morgan fingerprint density at radius 1 is 1.47 bits per heavy atom. The normalized spacial score (nSPS) is 18.8. The summed E-state index contributed by atoms with van der Waals surface area (Å²) in [7, 11) is 2.03. The van der Waals surface area contributed by atoms with E-state index in [1.165, 1.54) is 16.7 Å². The molecular formula is C13H20N2. The van der Waals surface area contributed by atoms with Crippen LogP contribution in [-0.4, -0.2) is 17.8 Å². The molecule has 0 atom stereocenters. The van der Waals surface area contributed by atoms with E-state index in [4.69, 9.17) is 0 Å². The summed E-state index contributed by atoms with van der Waals surface area (Å²) in [5, 5.41) is 0. The van der Waals surface area contributed by atoms with Gasteiger partial charge in [0, 0.05) is 25.0 Å². The zero-order valence-corrected chi connectivity index (χ0v) is 10.3. The van der Waals surface area contributed by atoms with Crippen LogP contribution in [-0.2, 0) is 0 Å². The van der Waals surface area contributed by atoms with Crippen LogP contribution in [0.1, 0.15) is 27.7 Å². The van der Waals surface area contributed by atoms with Gasteiger partial charge in [0.1, 0.15) is 5.84 Å². The van der Waals surface area contributed by atoms with Crippen molar-refractivity contribution in [3.63, 3.8) is 0 Å². The van der Waals surface area contributed by atoms with E-state index in [2.05, 4.69) is 50.4 Å². The van der Waals surface area contributed by atoms with Crippen LogP contribution in [0.25, 0.3) is 0 Å². The lowest BCUT2D eigenvalue weighted by molar-refractivity contribution is 0.690.